The van der Waals surface area contributed by atoms with Crippen LogP contribution in [0, 0.1) is 23.5 Å². The Morgan fingerprint density at radius 3 is 2.38 bits per heavy atom. The summed E-state index contributed by atoms with van der Waals surface area (Å²) < 4.78 is 64.2. The van der Waals surface area contributed by atoms with Crippen molar-refractivity contribution in [3.63, 3.8) is 0 Å². The van der Waals surface area contributed by atoms with Crippen LogP contribution < -0.4 is 5.73 Å². The molecule has 1 saturated heterocycles. The molecular formula is C24H26F5N5. The third-order valence-electron chi connectivity index (χ3n) is 6.25. The minimum absolute atomic E-state index is 0. The third-order valence-corrected chi connectivity index (χ3v) is 6.25. The van der Waals surface area contributed by atoms with Crippen LogP contribution in [0.2, 0.25) is 0 Å². The summed E-state index contributed by atoms with van der Waals surface area (Å²) in [5, 5.41) is 6.45. The molecule has 0 amide bonds. The number of nitrogens with zero attached hydrogens (tertiary/aromatic N) is 4. The summed E-state index contributed by atoms with van der Waals surface area (Å²) in [5.74, 6) is -0.548. The molecule has 2 N–H and O–H groups in total. The SMILES string of the molecule is Nc1nnc(-c2cc(F)ccc2F)cc1C(F)(F)F.[HH].c1ccc(CN2C[C@H]3CCC[C@H]3C2)nc1. The summed E-state index contributed by atoms with van der Waals surface area (Å²) >= 11 is 0. The van der Waals surface area contributed by atoms with Crippen molar-refractivity contribution < 1.29 is 23.4 Å². The number of rotatable bonds is 3. The van der Waals surface area contributed by atoms with E-state index in [-0.39, 0.29) is 1.43 Å². The van der Waals surface area contributed by atoms with Gasteiger partial charge in [0.05, 0.1) is 11.4 Å². The topological polar surface area (TPSA) is 67.9 Å². The van der Waals surface area contributed by atoms with Crippen molar-refractivity contribution in [2.24, 2.45) is 11.8 Å². The highest BCUT2D eigenvalue weighted by Crippen LogP contribution is 2.38. The van der Waals surface area contributed by atoms with Gasteiger partial charge in [-0.3, -0.25) is 9.88 Å². The van der Waals surface area contributed by atoms with Crippen LogP contribution in [0.5, 0.6) is 0 Å². The van der Waals surface area contributed by atoms with Gasteiger partial charge in [-0.1, -0.05) is 12.5 Å². The highest BCUT2D eigenvalue weighted by atomic mass is 19.4. The molecule has 1 saturated carbocycles. The van der Waals surface area contributed by atoms with Crippen molar-refractivity contribution in [2.75, 3.05) is 18.8 Å². The van der Waals surface area contributed by atoms with E-state index in [1.54, 1.807) is 0 Å². The Labute approximate surface area is 195 Å². The van der Waals surface area contributed by atoms with Gasteiger partial charge >= 0.3 is 6.18 Å². The van der Waals surface area contributed by atoms with E-state index in [0.717, 1.165) is 36.6 Å². The maximum Gasteiger partial charge on any atom is 0.420 e. The number of hydrogen-bond acceptors (Lipinski definition) is 5. The van der Waals surface area contributed by atoms with Gasteiger partial charge in [-0.25, -0.2) is 8.78 Å². The molecule has 1 aliphatic heterocycles. The molecule has 3 aromatic rings. The first-order valence-electron chi connectivity index (χ1n) is 11.0. The lowest BCUT2D eigenvalue weighted by atomic mass is 10.0. The number of pyridine rings is 1. The molecule has 1 aliphatic carbocycles. The summed E-state index contributed by atoms with van der Waals surface area (Å²) in [5.41, 5.74) is 4.17. The molecule has 1 aromatic carbocycles. The van der Waals surface area contributed by atoms with Gasteiger partial charge < -0.3 is 5.73 Å². The molecule has 0 bridgehead atoms. The Morgan fingerprint density at radius 2 is 1.74 bits per heavy atom. The zero-order valence-corrected chi connectivity index (χ0v) is 18.3. The highest BCUT2D eigenvalue weighted by molar-refractivity contribution is 5.62. The molecule has 5 nitrogen and oxygen atoms in total. The normalized spacial score (nSPS) is 20.0. The van der Waals surface area contributed by atoms with Crippen molar-refractivity contribution in [3.8, 4) is 11.3 Å². The van der Waals surface area contributed by atoms with Crippen LogP contribution in [-0.4, -0.2) is 33.2 Å². The third kappa shape index (κ3) is 5.67. The van der Waals surface area contributed by atoms with Gasteiger partial charge in [0.1, 0.15) is 17.2 Å². The number of fused-ring (bicyclic) bond motifs is 1. The molecule has 0 unspecified atom stereocenters. The number of anilines is 1. The molecule has 34 heavy (non-hydrogen) atoms. The van der Waals surface area contributed by atoms with Crippen molar-refractivity contribution in [2.45, 2.75) is 32.0 Å². The summed E-state index contributed by atoms with van der Waals surface area (Å²) in [7, 11) is 0. The average molecular weight is 479 g/mol. The fraction of sp³-hybridized carbons (Fsp3) is 0.375. The van der Waals surface area contributed by atoms with Gasteiger partial charge in [0.25, 0.3) is 0 Å². The lowest BCUT2D eigenvalue weighted by Gasteiger charge is -2.15. The van der Waals surface area contributed by atoms with E-state index in [2.05, 4.69) is 32.2 Å². The Bertz CT molecular complexity index is 1120. The monoisotopic (exact) mass is 479 g/mol. The van der Waals surface area contributed by atoms with Gasteiger partial charge in [-0.2, -0.15) is 13.2 Å². The maximum atomic E-state index is 13.4. The van der Waals surface area contributed by atoms with Gasteiger partial charge in [-0.05, 0) is 61.1 Å². The smallest absolute Gasteiger partial charge is 0.382 e. The van der Waals surface area contributed by atoms with Gasteiger partial charge in [0.15, 0.2) is 5.82 Å². The first kappa shape index (κ1) is 24.0. The van der Waals surface area contributed by atoms with Crippen LogP contribution >= 0.6 is 0 Å². The summed E-state index contributed by atoms with van der Waals surface area (Å²) in [4.78, 5) is 6.97. The Hall–Kier alpha value is -3.14. The fourth-order valence-corrected chi connectivity index (χ4v) is 4.64. The van der Waals surface area contributed by atoms with E-state index in [1.165, 1.54) is 38.0 Å². The Balaban J connectivity index is 0.000000194. The molecule has 3 heterocycles. The van der Waals surface area contributed by atoms with Crippen molar-refractivity contribution >= 4 is 5.82 Å². The number of hydrogen-bond donors (Lipinski definition) is 1. The molecule has 5 rings (SSSR count). The number of halogens is 5. The van der Waals surface area contributed by atoms with Crippen LogP contribution in [0.3, 0.4) is 0 Å². The Kier molecular flexibility index (Phi) is 7.06. The van der Waals surface area contributed by atoms with Crippen molar-refractivity contribution in [1.29, 1.82) is 0 Å². The molecule has 2 aromatic heterocycles. The van der Waals surface area contributed by atoms with Gasteiger partial charge in [0.2, 0.25) is 0 Å². The highest BCUT2D eigenvalue weighted by Gasteiger charge is 2.36. The van der Waals surface area contributed by atoms with E-state index in [9.17, 15) is 22.0 Å². The molecule has 2 atom stereocenters. The lowest BCUT2D eigenvalue weighted by molar-refractivity contribution is -0.137. The maximum absolute atomic E-state index is 13.4. The number of nitrogen functional groups attached to an aromatic ring is 1. The van der Waals surface area contributed by atoms with Crippen LogP contribution in [0.15, 0.2) is 48.7 Å². The predicted octanol–water partition coefficient (Wildman–Crippen LogP) is 5.58. The summed E-state index contributed by atoms with van der Waals surface area (Å²) in [6, 6.07) is 9.09. The van der Waals surface area contributed by atoms with E-state index in [1.807, 2.05) is 12.3 Å². The minimum atomic E-state index is -4.75. The van der Waals surface area contributed by atoms with Gasteiger partial charge in [-0.15, -0.1) is 10.2 Å². The van der Waals surface area contributed by atoms with Crippen molar-refractivity contribution in [3.05, 3.63) is 71.6 Å². The van der Waals surface area contributed by atoms with Crippen molar-refractivity contribution in [1.82, 2.24) is 20.1 Å². The molecule has 2 fully saturated rings. The fourth-order valence-electron chi connectivity index (χ4n) is 4.64. The number of likely N-dealkylation sites (tertiary alicyclic amines) is 1. The average Bonchev–Trinajstić information content (AvgIpc) is 3.38. The van der Waals surface area contributed by atoms with E-state index in [0.29, 0.717) is 6.07 Å². The van der Waals surface area contributed by atoms with E-state index in [4.69, 9.17) is 5.73 Å². The number of alkyl halides is 3. The van der Waals surface area contributed by atoms with Crippen LogP contribution in [0.25, 0.3) is 11.3 Å². The first-order chi connectivity index (χ1) is 16.2. The largest absolute Gasteiger partial charge is 0.420 e. The standard InChI is InChI=1S/C13H18N2.C11H6F5N3.H2/c1-2-7-14-13(6-1)10-15-8-11-4-3-5-12(11)9-15;12-5-1-2-8(13)6(3-5)9-4-7(11(14,15)16)10(17)19-18-9;/h1-2,6-7,11-12H,3-5,8-10H2;1-4H,(H2,17,19);1H/t11-,12+;;. The van der Waals surface area contributed by atoms with E-state index < -0.39 is 40.4 Å². The quantitative estimate of drug-likeness (QED) is 0.497. The molecule has 2 aliphatic rings. The molecule has 0 radical (unpaired) electrons. The molecule has 10 heteroatoms. The molecular weight excluding hydrogens is 453 g/mol. The van der Waals surface area contributed by atoms with Crippen LogP contribution in [0.1, 0.15) is 31.9 Å². The summed E-state index contributed by atoms with van der Waals surface area (Å²) in [6.45, 7) is 3.66. The predicted molar refractivity (Wildman–Crippen MR) is 119 cm³/mol. The number of nitrogens with two attached hydrogens (primary N) is 1. The molecule has 182 valence electrons. The second kappa shape index (κ2) is 10.0. The van der Waals surface area contributed by atoms with Gasteiger partial charge in [0, 0.05) is 32.8 Å². The zero-order chi connectivity index (χ0) is 24.3. The Morgan fingerprint density at radius 1 is 1.00 bits per heavy atom. The van der Waals surface area contributed by atoms with Crippen LogP contribution in [0.4, 0.5) is 27.8 Å². The second-order valence-corrected chi connectivity index (χ2v) is 8.62. The van der Waals surface area contributed by atoms with E-state index >= 15 is 0 Å². The zero-order valence-electron chi connectivity index (χ0n) is 18.3. The first-order valence-corrected chi connectivity index (χ1v) is 11.0. The van der Waals surface area contributed by atoms with Crippen LogP contribution in [-0.2, 0) is 12.7 Å². The number of aromatic nitrogens is 3. The molecule has 0 spiro atoms. The lowest BCUT2D eigenvalue weighted by Crippen LogP contribution is -2.21. The second-order valence-electron chi connectivity index (χ2n) is 8.62. The minimum Gasteiger partial charge on any atom is -0.382 e. The number of benzene rings is 1. The summed E-state index contributed by atoms with van der Waals surface area (Å²) in [6.07, 6.45) is 1.53.